The van der Waals surface area contributed by atoms with Crippen molar-refractivity contribution < 1.29 is 14.4 Å². The lowest BCUT2D eigenvalue weighted by Gasteiger charge is -2.27. The molecule has 1 heterocycles. The predicted octanol–water partition coefficient (Wildman–Crippen LogP) is -0.830. The Bertz CT molecular complexity index is 417. The SMILES string of the molecule is CC1(C)C(=O)NC(=O)N1CC(=O)NCC(N)C1CC1. The van der Waals surface area contributed by atoms with Crippen molar-refractivity contribution in [2.24, 2.45) is 11.7 Å². The third-order valence-corrected chi connectivity index (χ3v) is 3.76. The number of nitrogens with one attached hydrogen (secondary N) is 2. The summed E-state index contributed by atoms with van der Waals surface area (Å²) in [5.74, 6) is -0.178. The number of nitrogens with zero attached hydrogens (tertiary/aromatic N) is 1. The molecule has 2 rings (SSSR count). The van der Waals surface area contributed by atoms with Crippen molar-refractivity contribution in [2.75, 3.05) is 13.1 Å². The van der Waals surface area contributed by atoms with Gasteiger partial charge in [-0.2, -0.15) is 0 Å². The minimum atomic E-state index is -0.993. The van der Waals surface area contributed by atoms with E-state index in [1.54, 1.807) is 13.8 Å². The van der Waals surface area contributed by atoms with Crippen LogP contribution in [0.5, 0.6) is 0 Å². The summed E-state index contributed by atoms with van der Waals surface area (Å²) in [4.78, 5) is 36.1. The molecule has 1 aliphatic carbocycles. The van der Waals surface area contributed by atoms with E-state index in [4.69, 9.17) is 5.73 Å². The molecule has 19 heavy (non-hydrogen) atoms. The van der Waals surface area contributed by atoms with Gasteiger partial charge in [-0.25, -0.2) is 4.79 Å². The number of rotatable bonds is 5. The van der Waals surface area contributed by atoms with Crippen LogP contribution in [-0.4, -0.2) is 47.4 Å². The minimum absolute atomic E-state index is 0.0222. The van der Waals surface area contributed by atoms with E-state index in [0.29, 0.717) is 12.5 Å². The largest absolute Gasteiger partial charge is 0.353 e. The first-order chi connectivity index (χ1) is 8.82. The summed E-state index contributed by atoms with van der Waals surface area (Å²) in [5, 5.41) is 4.91. The Balaban J connectivity index is 1.84. The Morgan fingerprint density at radius 2 is 2.16 bits per heavy atom. The second-order valence-electron chi connectivity index (χ2n) is 5.71. The quantitative estimate of drug-likeness (QED) is 0.566. The molecule has 106 valence electrons. The molecule has 0 bridgehead atoms. The highest BCUT2D eigenvalue weighted by Crippen LogP contribution is 2.31. The molecule has 7 heteroatoms. The predicted molar refractivity (Wildman–Crippen MR) is 68.0 cm³/mol. The van der Waals surface area contributed by atoms with Gasteiger partial charge < -0.3 is 16.0 Å². The first-order valence-electron chi connectivity index (χ1n) is 6.47. The van der Waals surface area contributed by atoms with Crippen LogP contribution in [0.2, 0.25) is 0 Å². The molecule has 1 aliphatic heterocycles. The van der Waals surface area contributed by atoms with Crippen molar-refractivity contribution in [1.29, 1.82) is 0 Å². The van der Waals surface area contributed by atoms with Crippen LogP contribution in [0.3, 0.4) is 0 Å². The van der Waals surface area contributed by atoms with Gasteiger partial charge >= 0.3 is 6.03 Å². The van der Waals surface area contributed by atoms with Crippen LogP contribution in [-0.2, 0) is 9.59 Å². The third-order valence-electron chi connectivity index (χ3n) is 3.76. The molecule has 2 aliphatic rings. The topological polar surface area (TPSA) is 105 Å². The molecule has 0 aromatic rings. The molecule has 0 spiro atoms. The van der Waals surface area contributed by atoms with Crippen molar-refractivity contribution in [3.05, 3.63) is 0 Å². The van der Waals surface area contributed by atoms with E-state index >= 15 is 0 Å². The molecule has 0 aromatic heterocycles. The summed E-state index contributed by atoms with van der Waals surface area (Å²) in [6.07, 6.45) is 2.24. The zero-order valence-electron chi connectivity index (χ0n) is 11.2. The molecule has 1 unspecified atom stereocenters. The van der Waals surface area contributed by atoms with Gasteiger partial charge in [-0.05, 0) is 32.6 Å². The van der Waals surface area contributed by atoms with E-state index in [1.165, 1.54) is 4.90 Å². The fraction of sp³-hybridized carbons (Fsp3) is 0.750. The average molecular weight is 268 g/mol. The van der Waals surface area contributed by atoms with Crippen LogP contribution in [0.1, 0.15) is 26.7 Å². The van der Waals surface area contributed by atoms with Crippen LogP contribution < -0.4 is 16.4 Å². The molecular weight excluding hydrogens is 248 g/mol. The standard InChI is InChI=1S/C12H20N4O3/c1-12(2)10(18)15-11(19)16(12)6-9(17)14-5-8(13)7-3-4-7/h7-8H,3-6,13H2,1-2H3,(H,14,17)(H,15,18,19). The summed E-state index contributed by atoms with van der Waals surface area (Å²) in [6.45, 7) is 3.49. The first kappa shape index (κ1) is 13.8. The average Bonchev–Trinajstić information content (AvgIpc) is 3.13. The van der Waals surface area contributed by atoms with Gasteiger partial charge in [0.15, 0.2) is 0 Å². The van der Waals surface area contributed by atoms with Crippen LogP contribution >= 0.6 is 0 Å². The Morgan fingerprint density at radius 1 is 1.53 bits per heavy atom. The highest BCUT2D eigenvalue weighted by Gasteiger charge is 2.46. The number of carbonyl (C=O) groups is 3. The van der Waals surface area contributed by atoms with Gasteiger partial charge in [0, 0.05) is 12.6 Å². The normalized spacial score (nSPS) is 23.2. The lowest BCUT2D eigenvalue weighted by Crippen LogP contribution is -2.50. The Labute approximate surface area is 111 Å². The monoisotopic (exact) mass is 268 g/mol. The molecular formula is C12H20N4O3. The molecule has 0 aromatic carbocycles. The van der Waals surface area contributed by atoms with Crippen LogP contribution in [0.4, 0.5) is 4.79 Å². The number of urea groups is 1. The second-order valence-corrected chi connectivity index (χ2v) is 5.71. The van der Waals surface area contributed by atoms with Crippen molar-refractivity contribution in [2.45, 2.75) is 38.3 Å². The van der Waals surface area contributed by atoms with E-state index in [1.807, 2.05) is 0 Å². The van der Waals surface area contributed by atoms with Gasteiger partial charge in [-0.3, -0.25) is 14.9 Å². The Kier molecular flexibility index (Phi) is 3.49. The number of hydrogen-bond acceptors (Lipinski definition) is 4. The summed E-state index contributed by atoms with van der Waals surface area (Å²) in [5.41, 5.74) is 4.88. The highest BCUT2D eigenvalue weighted by atomic mass is 16.2. The van der Waals surface area contributed by atoms with E-state index in [0.717, 1.165) is 12.8 Å². The zero-order valence-corrected chi connectivity index (χ0v) is 11.2. The van der Waals surface area contributed by atoms with Gasteiger partial charge in [-0.15, -0.1) is 0 Å². The van der Waals surface area contributed by atoms with Crippen molar-refractivity contribution in [3.63, 3.8) is 0 Å². The van der Waals surface area contributed by atoms with Gasteiger partial charge in [0.05, 0.1) is 0 Å². The van der Waals surface area contributed by atoms with E-state index in [9.17, 15) is 14.4 Å². The fourth-order valence-corrected chi connectivity index (χ4v) is 2.09. The lowest BCUT2D eigenvalue weighted by atomic mass is 10.0. The van der Waals surface area contributed by atoms with E-state index in [2.05, 4.69) is 10.6 Å². The summed E-state index contributed by atoms with van der Waals surface area (Å²) < 4.78 is 0. The van der Waals surface area contributed by atoms with E-state index < -0.39 is 11.6 Å². The molecule has 4 N–H and O–H groups in total. The van der Waals surface area contributed by atoms with Crippen LogP contribution in [0, 0.1) is 5.92 Å². The molecule has 1 saturated carbocycles. The fourth-order valence-electron chi connectivity index (χ4n) is 2.09. The zero-order chi connectivity index (χ0) is 14.2. The lowest BCUT2D eigenvalue weighted by molar-refractivity contribution is -0.127. The number of nitrogens with two attached hydrogens (primary N) is 1. The van der Waals surface area contributed by atoms with Crippen molar-refractivity contribution in [1.82, 2.24) is 15.5 Å². The summed E-state index contributed by atoms with van der Waals surface area (Å²) in [6, 6.07) is -0.553. The minimum Gasteiger partial charge on any atom is -0.353 e. The summed E-state index contributed by atoms with van der Waals surface area (Å²) >= 11 is 0. The molecule has 7 nitrogen and oxygen atoms in total. The maximum atomic E-state index is 11.8. The summed E-state index contributed by atoms with van der Waals surface area (Å²) in [7, 11) is 0. The number of carbonyl (C=O) groups excluding carboxylic acids is 3. The molecule has 0 radical (unpaired) electrons. The number of imide groups is 1. The van der Waals surface area contributed by atoms with Crippen molar-refractivity contribution >= 4 is 17.8 Å². The molecule has 1 saturated heterocycles. The molecule has 2 fully saturated rings. The smallest absolute Gasteiger partial charge is 0.325 e. The maximum Gasteiger partial charge on any atom is 0.325 e. The van der Waals surface area contributed by atoms with Gasteiger partial charge in [0.2, 0.25) is 5.91 Å². The van der Waals surface area contributed by atoms with Crippen LogP contribution in [0.15, 0.2) is 0 Å². The molecule has 1 atom stereocenters. The second kappa shape index (κ2) is 4.80. The van der Waals surface area contributed by atoms with Gasteiger partial charge in [-0.1, -0.05) is 0 Å². The Hall–Kier alpha value is -1.63. The van der Waals surface area contributed by atoms with Gasteiger partial charge in [0.1, 0.15) is 12.1 Å². The first-order valence-corrected chi connectivity index (χ1v) is 6.47. The molecule has 4 amide bonds. The third kappa shape index (κ3) is 2.86. The maximum absolute atomic E-state index is 11.8. The van der Waals surface area contributed by atoms with Gasteiger partial charge in [0.25, 0.3) is 5.91 Å². The Morgan fingerprint density at radius 3 is 2.63 bits per heavy atom. The number of amides is 4. The number of hydrogen-bond donors (Lipinski definition) is 3. The van der Waals surface area contributed by atoms with Crippen LogP contribution in [0.25, 0.3) is 0 Å². The highest BCUT2D eigenvalue weighted by molar-refractivity contribution is 6.07. The van der Waals surface area contributed by atoms with E-state index in [-0.39, 0.29) is 24.4 Å². The van der Waals surface area contributed by atoms with Crippen molar-refractivity contribution in [3.8, 4) is 0 Å².